The van der Waals surface area contributed by atoms with Gasteiger partial charge in [0, 0.05) is 24.7 Å². The Hall–Kier alpha value is -1.82. The summed E-state index contributed by atoms with van der Waals surface area (Å²) in [5.74, 6) is 0.843. The minimum absolute atomic E-state index is 0.0262. The van der Waals surface area contributed by atoms with E-state index in [0.717, 1.165) is 12.1 Å². The highest BCUT2D eigenvalue weighted by atomic mass is 79.9. The number of carbonyl (C=O) groups excluding carboxylic acids is 1. The lowest BCUT2D eigenvalue weighted by molar-refractivity contribution is 0.0738. The van der Waals surface area contributed by atoms with Gasteiger partial charge in [0.2, 0.25) is 5.88 Å². The first-order valence-electron chi connectivity index (χ1n) is 6.77. The molecule has 1 aliphatic heterocycles. The molecule has 3 heterocycles. The van der Waals surface area contributed by atoms with Crippen LogP contribution in [0.3, 0.4) is 0 Å². The fourth-order valence-corrected chi connectivity index (χ4v) is 2.65. The van der Waals surface area contributed by atoms with E-state index in [0.29, 0.717) is 29.4 Å². The zero-order valence-corrected chi connectivity index (χ0v) is 13.2. The number of aromatic nitrogens is 1. The number of hydrogen-bond acceptors (Lipinski definition) is 4. The van der Waals surface area contributed by atoms with Crippen molar-refractivity contribution in [3.63, 3.8) is 0 Å². The summed E-state index contributed by atoms with van der Waals surface area (Å²) in [6.45, 7) is 3.13. The van der Waals surface area contributed by atoms with Crippen molar-refractivity contribution in [1.29, 1.82) is 0 Å². The molecule has 0 bridgehead atoms. The monoisotopic (exact) mass is 350 g/mol. The molecule has 2 aromatic rings. The average Bonchev–Trinajstić information content (AvgIpc) is 3.07. The lowest BCUT2D eigenvalue weighted by atomic mass is 10.3. The molecular formula is C15H15BrN2O3. The predicted octanol–water partition coefficient (Wildman–Crippen LogP) is 3.04. The third kappa shape index (κ3) is 3.26. The lowest BCUT2D eigenvalue weighted by Crippen LogP contribution is -2.30. The molecule has 1 saturated heterocycles. The number of carbonyl (C=O) groups is 1. The number of nitrogens with zero attached hydrogens (tertiary/aromatic N) is 2. The van der Waals surface area contributed by atoms with Gasteiger partial charge in [-0.3, -0.25) is 4.79 Å². The van der Waals surface area contributed by atoms with Gasteiger partial charge in [-0.2, -0.15) is 0 Å². The van der Waals surface area contributed by atoms with Crippen LogP contribution in [0.1, 0.15) is 22.7 Å². The summed E-state index contributed by atoms with van der Waals surface area (Å²) >= 11 is 3.20. The van der Waals surface area contributed by atoms with Crippen molar-refractivity contribution in [3.8, 4) is 5.88 Å². The number of likely N-dealkylation sites (tertiary alicyclic amines) is 1. The lowest BCUT2D eigenvalue weighted by Gasteiger charge is -2.15. The third-order valence-electron chi connectivity index (χ3n) is 3.37. The first-order chi connectivity index (χ1) is 10.1. The SMILES string of the molecule is Cc1cccc(OC2CCN(C(=O)c3ccc(Br)o3)C2)n1. The van der Waals surface area contributed by atoms with Crippen LogP contribution in [-0.4, -0.2) is 35.0 Å². The molecule has 1 aliphatic rings. The van der Waals surface area contributed by atoms with Gasteiger partial charge in [-0.1, -0.05) is 6.07 Å². The highest BCUT2D eigenvalue weighted by molar-refractivity contribution is 9.10. The summed E-state index contributed by atoms with van der Waals surface area (Å²) in [6, 6.07) is 9.06. The average molecular weight is 351 g/mol. The highest BCUT2D eigenvalue weighted by Crippen LogP contribution is 2.21. The molecule has 0 radical (unpaired) electrons. The van der Waals surface area contributed by atoms with E-state index >= 15 is 0 Å². The Labute approximate surface area is 131 Å². The molecule has 6 heteroatoms. The van der Waals surface area contributed by atoms with Crippen LogP contribution in [0, 0.1) is 6.92 Å². The van der Waals surface area contributed by atoms with Crippen molar-refractivity contribution in [2.45, 2.75) is 19.4 Å². The van der Waals surface area contributed by atoms with Gasteiger partial charge < -0.3 is 14.1 Å². The number of furan rings is 1. The number of amides is 1. The maximum absolute atomic E-state index is 12.3. The van der Waals surface area contributed by atoms with Crippen LogP contribution in [-0.2, 0) is 0 Å². The van der Waals surface area contributed by atoms with Crippen LogP contribution in [0.15, 0.2) is 39.4 Å². The summed E-state index contributed by atoms with van der Waals surface area (Å²) in [4.78, 5) is 18.3. The summed E-state index contributed by atoms with van der Waals surface area (Å²) < 4.78 is 11.7. The quantitative estimate of drug-likeness (QED) is 0.853. The third-order valence-corrected chi connectivity index (χ3v) is 3.79. The topological polar surface area (TPSA) is 55.6 Å². The number of rotatable bonds is 3. The number of pyridine rings is 1. The first kappa shape index (κ1) is 14.1. The molecule has 1 fully saturated rings. The second kappa shape index (κ2) is 5.89. The zero-order chi connectivity index (χ0) is 14.8. The van der Waals surface area contributed by atoms with E-state index in [1.807, 2.05) is 25.1 Å². The van der Waals surface area contributed by atoms with Gasteiger partial charge in [-0.25, -0.2) is 4.98 Å². The summed E-state index contributed by atoms with van der Waals surface area (Å²) in [6.07, 6.45) is 0.769. The van der Waals surface area contributed by atoms with Gasteiger partial charge in [0.1, 0.15) is 6.10 Å². The van der Waals surface area contributed by atoms with E-state index in [1.165, 1.54) is 0 Å². The molecule has 21 heavy (non-hydrogen) atoms. The van der Waals surface area contributed by atoms with Crippen LogP contribution in [0.2, 0.25) is 0 Å². The molecule has 1 unspecified atom stereocenters. The Morgan fingerprint density at radius 3 is 3.00 bits per heavy atom. The Kier molecular flexibility index (Phi) is 3.96. The number of halogens is 1. The number of ether oxygens (including phenoxy) is 1. The molecule has 0 aliphatic carbocycles. The van der Waals surface area contributed by atoms with Crippen LogP contribution in [0.4, 0.5) is 0 Å². The van der Waals surface area contributed by atoms with Crippen molar-refractivity contribution < 1.29 is 13.9 Å². The summed E-state index contributed by atoms with van der Waals surface area (Å²) in [5, 5.41) is 0. The molecular weight excluding hydrogens is 336 g/mol. The van der Waals surface area contributed by atoms with E-state index in [2.05, 4.69) is 20.9 Å². The Balaban J connectivity index is 1.61. The largest absolute Gasteiger partial charge is 0.472 e. The van der Waals surface area contributed by atoms with Crippen LogP contribution in [0.25, 0.3) is 0 Å². The standard InChI is InChI=1S/C15H15BrN2O3/c1-10-3-2-4-14(17-10)20-11-7-8-18(9-11)15(19)12-5-6-13(16)21-12/h2-6,11H,7-9H2,1H3. The van der Waals surface area contributed by atoms with Gasteiger partial charge in [0.15, 0.2) is 10.4 Å². The van der Waals surface area contributed by atoms with Gasteiger partial charge in [0.05, 0.1) is 6.54 Å². The maximum Gasteiger partial charge on any atom is 0.289 e. The van der Waals surface area contributed by atoms with E-state index in [1.54, 1.807) is 17.0 Å². The van der Waals surface area contributed by atoms with E-state index < -0.39 is 0 Å². The van der Waals surface area contributed by atoms with Crippen molar-refractivity contribution in [3.05, 3.63) is 46.5 Å². The van der Waals surface area contributed by atoms with Crippen molar-refractivity contribution >= 4 is 21.8 Å². The predicted molar refractivity (Wildman–Crippen MR) is 80.3 cm³/mol. The highest BCUT2D eigenvalue weighted by Gasteiger charge is 2.29. The summed E-state index contributed by atoms with van der Waals surface area (Å²) in [5.41, 5.74) is 0.916. The normalized spacial score (nSPS) is 18.0. The van der Waals surface area contributed by atoms with Crippen LogP contribution >= 0.6 is 15.9 Å². The Morgan fingerprint density at radius 2 is 2.29 bits per heavy atom. The molecule has 2 aromatic heterocycles. The van der Waals surface area contributed by atoms with Gasteiger partial charge >= 0.3 is 0 Å². The fraction of sp³-hybridized carbons (Fsp3) is 0.333. The molecule has 0 saturated carbocycles. The minimum atomic E-state index is -0.107. The van der Waals surface area contributed by atoms with E-state index in [4.69, 9.17) is 9.15 Å². The summed E-state index contributed by atoms with van der Waals surface area (Å²) in [7, 11) is 0. The zero-order valence-electron chi connectivity index (χ0n) is 11.6. The Morgan fingerprint density at radius 1 is 1.43 bits per heavy atom. The molecule has 0 spiro atoms. The molecule has 5 nitrogen and oxygen atoms in total. The van der Waals surface area contributed by atoms with Crippen LogP contribution < -0.4 is 4.74 Å². The fourth-order valence-electron chi connectivity index (χ4n) is 2.35. The first-order valence-corrected chi connectivity index (χ1v) is 7.56. The van der Waals surface area contributed by atoms with Gasteiger partial charge in [-0.15, -0.1) is 0 Å². The van der Waals surface area contributed by atoms with Crippen LogP contribution in [0.5, 0.6) is 5.88 Å². The molecule has 1 atom stereocenters. The number of hydrogen-bond donors (Lipinski definition) is 0. The molecule has 110 valence electrons. The smallest absolute Gasteiger partial charge is 0.289 e. The van der Waals surface area contributed by atoms with E-state index in [9.17, 15) is 4.79 Å². The van der Waals surface area contributed by atoms with Gasteiger partial charge in [-0.05, 0) is 41.1 Å². The van der Waals surface area contributed by atoms with Crippen molar-refractivity contribution in [2.24, 2.45) is 0 Å². The van der Waals surface area contributed by atoms with Crippen molar-refractivity contribution in [2.75, 3.05) is 13.1 Å². The maximum atomic E-state index is 12.3. The minimum Gasteiger partial charge on any atom is -0.472 e. The molecule has 3 rings (SSSR count). The molecule has 0 N–H and O–H groups in total. The second-order valence-corrected chi connectivity index (χ2v) is 5.78. The molecule has 1 amide bonds. The van der Waals surface area contributed by atoms with Gasteiger partial charge in [0.25, 0.3) is 5.91 Å². The molecule has 0 aromatic carbocycles. The Bertz CT molecular complexity index is 656. The van der Waals surface area contributed by atoms with Crippen molar-refractivity contribution in [1.82, 2.24) is 9.88 Å². The number of aryl methyl sites for hydroxylation is 1. The second-order valence-electron chi connectivity index (χ2n) is 5.00. The van der Waals surface area contributed by atoms with E-state index in [-0.39, 0.29) is 12.0 Å².